The van der Waals surface area contributed by atoms with Crippen molar-refractivity contribution in [2.24, 2.45) is 0 Å². The molecule has 3 aromatic rings. The minimum atomic E-state index is -0.988. The van der Waals surface area contributed by atoms with Crippen LogP contribution in [0.3, 0.4) is 0 Å². The molecule has 1 aliphatic rings. The predicted octanol–water partition coefficient (Wildman–Crippen LogP) is 2.30. The van der Waals surface area contributed by atoms with Gasteiger partial charge in [0.1, 0.15) is 5.82 Å². The number of carboxylic acid groups (broad SMARTS) is 1. The summed E-state index contributed by atoms with van der Waals surface area (Å²) in [7, 11) is 0. The van der Waals surface area contributed by atoms with Crippen molar-refractivity contribution in [2.45, 2.75) is 24.8 Å². The number of nitrogens with one attached hydrogen (secondary N) is 1. The molecule has 0 spiro atoms. The third kappa shape index (κ3) is 2.62. The van der Waals surface area contributed by atoms with Crippen molar-refractivity contribution in [1.82, 2.24) is 30.0 Å². The standard InChI is InChI=1S/C15H14N6O2S/c22-15(23)18-10-7-9(8-10)12-19-20-13(14-17-5-6-24-14)21(12)11-1-3-16-4-2-11/h1-6,9-10,18H,7-8H2,(H,22,23)/t9-,10-. The van der Waals surface area contributed by atoms with Crippen LogP contribution in [0.1, 0.15) is 24.6 Å². The average molecular weight is 342 g/mol. The summed E-state index contributed by atoms with van der Waals surface area (Å²) < 4.78 is 1.99. The molecule has 0 atom stereocenters. The van der Waals surface area contributed by atoms with Gasteiger partial charge in [0.05, 0.1) is 5.69 Å². The van der Waals surface area contributed by atoms with Crippen LogP contribution in [0.4, 0.5) is 4.79 Å². The monoisotopic (exact) mass is 342 g/mol. The van der Waals surface area contributed by atoms with Gasteiger partial charge in [0, 0.05) is 35.9 Å². The summed E-state index contributed by atoms with van der Waals surface area (Å²) in [6.45, 7) is 0. The number of hydrogen-bond donors (Lipinski definition) is 2. The van der Waals surface area contributed by atoms with Crippen LogP contribution in [0, 0.1) is 0 Å². The molecule has 3 aromatic heterocycles. The molecule has 0 saturated heterocycles. The van der Waals surface area contributed by atoms with Gasteiger partial charge in [0.25, 0.3) is 0 Å². The van der Waals surface area contributed by atoms with Gasteiger partial charge in [-0.05, 0) is 25.0 Å². The summed E-state index contributed by atoms with van der Waals surface area (Å²) in [6.07, 6.45) is 5.63. The molecule has 0 radical (unpaired) electrons. The first-order valence-electron chi connectivity index (χ1n) is 7.47. The third-order valence-corrected chi connectivity index (χ3v) is 4.83. The van der Waals surface area contributed by atoms with E-state index in [1.807, 2.05) is 22.1 Å². The zero-order valence-corrected chi connectivity index (χ0v) is 13.3. The topological polar surface area (TPSA) is 106 Å². The molecule has 9 heteroatoms. The quantitative estimate of drug-likeness (QED) is 0.753. The van der Waals surface area contributed by atoms with Crippen molar-refractivity contribution >= 4 is 17.4 Å². The molecule has 2 N–H and O–H groups in total. The number of aromatic nitrogens is 5. The first-order chi connectivity index (χ1) is 11.7. The van der Waals surface area contributed by atoms with Crippen LogP contribution in [0.15, 0.2) is 36.1 Å². The fourth-order valence-electron chi connectivity index (χ4n) is 2.90. The summed E-state index contributed by atoms with van der Waals surface area (Å²) >= 11 is 1.50. The van der Waals surface area contributed by atoms with E-state index in [9.17, 15) is 4.79 Å². The smallest absolute Gasteiger partial charge is 0.404 e. The maximum atomic E-state index is 10.7. The van der Waals surface area contributed by atoms with E-state index in [0.29, 0.717) is 18.7 Å². The Hall–Kier alpha value is -2.81. The van der Waals surface area contributed by atoms with Crippen LogP contribution in [0.2, 0.25) is 0 Å². The van der Waals surface area contributed by atoms with Gasteiger partial charge < -0.3 is 10.4 Å². The highest BCUT2D eigenvalue weighted by molar-refractivity contribution is 7.13. The van der Waals surface area contributed by atoms with Crippen LogP contribution in [0.5, 0.6) is 0 Å². The number of carbonyl (C=O) groups is 1. The first-order valence-corrected chi connectivity index (χ1v) is 8.35. The molecule has 0 aromatic carbocycles. The molecule has 1 amide bonds. The lowest BCUT2D eigenvalue weighted by Gasteiger charge is -2.34. The van der Waals surface area contributed by atoms with Crippen LogP contribution in [-0.4, -0.2) is 42.0 Å². The van der Waals surface area contributed by atoms with Crippen molar-refractivity contribution in [3.8, 4) is 16.5 Å². The predicted molar refractivity (Wildman–Crippen MR) is 87.2 cm³/mol. The van der Waals surface area contributed by atoms with Gasteiger partial charge in [0.15, 0.2) is 10.8 Å². The summed E-state index contributed by atoms with van der Waals surface area (Å²) in [5.74, 6) is 1.69. The van der Waals surface area contributed by atoms with Crippen LogP contribution in [0.25, 0.3) is 16.5 Å². The van der Waals surface area contributed by atoms with Crippen molar-refractivity contribution in [2.75, 3.05) is 0 Å². The molecule has 4 rings (SSSR count). The molecule has 1 saturated carbocycles. The molecule has 0 unspecified atom stereocenters. The third-order valence-electron chi connectivity index (χ3n) is 4.06. The Morgan fingerprint density at radius 1 is 1.25 bits per heavy atom. The molecular formula is C15H14N6O2S. The second-order valence-corrected chi connectivity index (χ2v) is 6.47. The van der Waals surface area contributed by atoms with E-state index >= 15 is 0 Å². The van der Waals surface area contributed by atoms with Crippen molar-refractivity contribution in [3.63, 3.8) is 0 Å². The molecule has 3 heterocycles. The first kappa shape index (κ1) is 14.8. The zero-order valence-electron chi connectivity index (χ0n) is 12.5. The Labute approximate surface area is 141 Å². The molecule has 0 bridgehead atoms. The molecule has 1 fully saturated rings. The molecule has 122 valence electrons. The average Bonchev–Trinajstić information content (AvgIpc) is 3.20. The van der Waals surface area contributed by atoms with E-state index in [4.69, 9.17) is 5.11 Å². The van der Waals surface area contributed by atoms with Gasteiger partial charge in [0.2, 0.25) is 0 Å². The highest BCUT2D eigenvalue weighted by Gasteiger charge is 2.36. The Balaban J connectivity index is 1.70. The second kappa shape index (κ2) is 6.00. The zero-order chi connectivity index (χ0) is 16.5. The van der Waals surface area contributed by atoms with E-state index in [1.54, 1.807) is 18.6 Å². The summed E-state index contributed by atoms with van der Waals surface area (Å²) in [5.41, 5.74) is 0.921. The van der Waals surface area contributed by atoms with Crippen molar-refractivity contribution in [3.05, 3.63) is 41.9 Å². The Morgan fingerprint density at radius 2 is 2.04 bits per heavy atom. The maximum Gasteiger partial charge on any atom is 0.404 e. The van der Waals surface area contributed by atoms with Crippen molar-refractivity contribution < 1.29 is 9.90 Å². The highest BCUT2D eigenvalue weighted by Crippen LogP contribution is 2.38. The number of nitrogens with zero attached hydrogens (tertiary/aromatic N) is 5. The minimum absolute atomic E-state index is 0.0293. The molecule has 1 aliphatic carbocycles. The van der Waals surface area contributed by atoms with Gasteiger partial charge >= 0.3 is 6.09 Å². The molecule has 24 heavy (non-hydrogen) atoms. The summed E-state index contributed by atoms with van der Waals surface area (Å²) in [6, 6.07) is 3.77. The Kier molecular flexibility index (Phi) is 3.69. The SMILES string of the molecule is O=C(O)N[C@H]1C[C@H](c2nnc(-c3nccs3)n2-c2ccncc2)C1. The van der Waals surface area contributed by atoms with Gasteiger partial charge in [-0.15, -0.1) is 21.5 Å². The fourth-order valence-corrected chi connectivity index (χ4v) is 3.51. The number of amides is 1. The summed E-state index contributed by atoms with van der Waals surface area (Å²) in [5, 5.41) is 22.7. The fraction of sp³-hybridized carbons (Fsp3) is 0.267. The van der Waals surface area contributed by atoms with E-state index in [0.717, 1.165) is 16.5 Å². The molecule has 8 nitrogen and oxygen atoms in total. The number of pyridine rings is 1. The number of rotatable bonds is 4. The number of hydrogen-bond acceptors (Lipinski definition) is 6. The minimum Gasteiger partial charge on any atom is -0.465 e. The van der Waals surface area contributed by atoms with E-state index in [1.165, 1.54) is 11.3 Å². The second-order valence-electron chi connectivity index (χ2n) is 5.57. The van der Waals surface area contributed by atoms with Crippen LogP contribution in [-0.2, 0) is 0 Å². The summed E-state index contributed by atoms with van der Waals surface area (Å²) in [4.78, 5) is 19.1. The van der Waals surface area contributed by atoms with Crippen molar-refractivity contribution in [1.29, 1.82) is 0 Å². The largest absolute Gasteiger partial charge is 0.465 e. The Morgan fingerprint density at radius 3 is 2.71 bits per heavy atom. The van der Waals surface area contributed by atoms with Crippen LogP contribution >= 0.6 is 11.3 Å². The van der Waals surface area contributed by atoms with Crippen LogP contribution < -0.4 is 5.32 Å². The molecule has 0 aliphatic heterocycles. The van der Waals surface area contributed by atoms with E-state index in [2.05, 4.69) is 25.5 Å². The van der Waals surface area contributed by atoms with Gasteiger partial charge in [-0.1, -0.05) is 0 Å². The molecular weight excluding hydrogens is 328 g/mol. The van der Waals surface area contributed by atoms with E-state index < -0.39 is 6.09 Å². The maximum absolute atomic E-state index is 10.7. The van der Waals surface area contributed by atoms with Gasteiger partial charge in [-0.3, -0.25) is 9.55 Å². The Bertz CT molecular complexity index is 842. The highest BCUT2D eigenvalue weighted by atomic mass is 32.1. The lowest BCUT2D eigenvalue weighted by molar-refractivity contribution is 0.176. The normalized spacial score (nSPS) is 19.7. The van der Waals surface area contributed by atoms with Gasteiger partial charge in [-0.25, -0.2) is 9.78 Å². The number of thiazole rings is 1. The lowest BCUT2D eigenvalue weighted by Crippen LogP contribution is -2.43. The van der Waals surface area contributed by atoms with E-state index in [-0.39, 0.29) is 12.0 Å². The lowest BCUT2D eigenvalue weighted by atomic mass is 9.79. The van der Waals surface area contributed by atoms with Gasteiger partial charge in [-0.2, -0.15) is 0 Å².